The van der Waals surface area contributed by atoms with Gasteiger partial charge in [0.1, 0.15) is 5.75 Å². The quantitative estimate of drug-likeness (QED) is 0.882. The number of hydrogen-bond acceptors (Lipinski definition) is 3. The number of rotatable bonds is 4. The molecule has 0 bridgehead atoms. The van der Waals surface area contributed by atoms with E-state index in [4.69, 9.17) is 11.6 Å². The lowest BCUT2D eigenvalue weighted by Gasteiger charge is -2.35. The van der Waals surface area contributed by atoms with E-state index in [9.17, 15) is 5.11 Å². The second-order valence-electron chi connectivity index (χ2n) is 4.79. The maximum atomic E-state index is 10.1. The molecule has 1 fully saturated rings. The minimum atomic E-state index is 0.274. The van der Waals surface area contributed by atoms with Crippen molar-refractivity contribution in [3.8, 4) is 5.75 Å². The Balaban J connectivity index is 2.24. The topological polar surface area (TPSA) is 35.5 Å². The molecule has 0 aromatic heterocycles. The van der Waals surface area contributed by atoms with Crippen molar-refractivity contribution in [3.05, 3.63) is 28.8 Å². The third-order valence-electron chi connectivity index (χ3n) is 3.50. The van der Waals surface area contributed by atoms with Crippen LogP contribution in [0.1, 0.15) is 31.4 Å². The lowest BCUT2D eigenvalue weighted by molar-refractivity contribution is 0.162. The highest BCUT2D eigenvalue weighted by Crippen LogP contribution is 2.34. The number of piperazine rings is 1. The summed E-state index contributed by atoms with van der Waals surface area (Å²) in [5.74, 6) is 0.358. The molecule has 1 aliphatic rings. The molecule has 0 aliphatic carbocycles. The van der Waals surface area contributed by atoms with E-state index in [1.165, 1.54) is 0 Å². The third-order valence-corrected chi connectivity index (χ3v) is 3.74. The fraction of sp³-hybridized carbons (Fsp3) is 0.571. The van der Waals surface area contributed by atoms with Gasteiger partial charge in [-0.05, 0) is 24.6 Å². The van der Waals surface area contributed by atoms with Crippen LogP contribution in [-0.4, -0.2) is 36.2 Å². The molecular formula is C14H21ClN2O. The van der Waals surface area contributed by atoms with Gasteiger partial charge < -0.3 is 10.4 Å². The van der Waals surface area contributed by atoms with Gasteiger partial charge in [-0.1, -0.05) is 24.9 Å². The number of phenolic OH excluding ortho intramolecular Hbond substituents is 1. The summed E-state index contributed by atoms with van der Waals surface area (Å²) in [6.07, 6.45) is 2.15. The van der Waals surface area contributed by atoms with Gasteiger partial charge in [-0.3, -0.25) is 4.90 Å². The minimum absolute atomic E-state index is 0.274. The molecule has 1 heterocycles. The molecule has 100 valence electrons. The van der Waals surface area contributed by atoms with E-state index in [0.717, 1.165) is 44.6 Å². The summed E-state index contributed by atoms with van der Waals surface area (Å²) < 4.78 is 0. The van der Waals surface area contributed by atoms with Crippen LogP contribution < -0.4 is 5.32 Å². The van der Waals surface area contributed by atoms with Gasteiger partial charge in [-0.15, -0.1) is 0 Å². The Hall–Kier alpha value is -0.770. The van der Waals surface area contributed by atoms with Gasteiger partial charge in [0.2, 0.25) is 0 Å². The number of benzene rings is 1. The number of aromatic hydroxyl groups is 1. The lowest BCUT2D eigenvalue weighted by Crippen LogP contribution is -2.45. The predicted molar refractivity (Wildman–Crippen MR) is 75.2 cm³/mol. The average molecular weight is 269 g/mol. The van der Waals surface area contributed by atoms with Crippen LogP contribution in [0.3, 0.4) is 0 Å². The fourth-order valence-corrected chi connectivity index (χ4v) is 2.77. The molecule has 2 rings (SSSR count). The van der Waals surface area contributed by atoms with Gasteiger partial charge in [-0.2, -0.15) is 0 Å². The molecule has 2 N–H and O–H groups in total. The molecule has 18 heavy (non-hydrogen) atoms. The highest BCUT2D eigenvalue weighted by molar-refractivity contribution is 6.30. The van der Waals surface area contributed by atoms with Gasteiger partial charge >= 0.3 is 0 Å². The molecular weight excluding hydrogens is 248 g/mol. The summed E-state index contributed by atoms with van der Waals surface area (Å²) in [4.78, 5) is 2.44. The van der Waals surface area contributed by atoms with E-state index in [2.05, 4.69) is 17.1 Å². The standard InChI is InChI=1S/C14H21ClN2O/c1-2-3-13(17-8-6-16-7-9-17)12-10-11(15)4-5-14(12)18/h4-5,10,13,16,18H,2-3,6-9H2,1H3/t13-/m1/s1. The first kappa shape index (κ1) is 13.7. The molecule has 1 aliphatic heterocycles. The summed E-state index contributed by atoms with van der Waals surface area (Å²) >= 11 is 6.06. The molecule has 0 amide bonds. The lowest BCUT2D eigenvalue weighted by atomic mass is 9.99. The van der Waals surface area contributed by atoms with Gasteiger partial charge in [0.15, 0.2) is 0 Å². The van der Waals surface area contributed by atoms with E-state index >= 15 is 0 Å². The van der Waals surface area contributed by atoms with Gasteiger partial charge in [0, 0.05) is 42.8 Å². The molecule has 1 atom stereocenters. The maximum Gasteiger partial charge on any atom is 0.120 e. The van der Waals surface area contributed by atoms with Crippen molar-refractivity contribution in [2.45, 2.75) is 25.8 Å². The van der Waals surface area contributed by atoms with Crippen LogP contribution in [0.15, 0.2) is 18.2 Å². The molecule has 3 nitrogen and oxygen atoms in total. The molecule has 0 spiro atoms. The van der Waals surface area contributed by atoms with Crippen LogP contribution in [0.4, 0.5) is 0 Å². The average Bonchev–Trinajstić information content (AvgIpc) is 2.40. The van der Waals surface area contributed by atoms with E-state index in [0.29, 0.717) is 10.8 Å². The minimum Gasteiger partial charge on any atom is -0.508 e. The molecule has 1 aromatic carbocycles. The van der Waals surface area contributed by atoms with Crippen molar-refractivity contribution in [2.24, 2.45) is 0 Å². The molecule has 1 saturated heterocycles. The first-order valence-corrected chi connectivity index (χ1v) is 7.03. The highest BCUT2D eigenvalue weighted by atomic mass is 35.5. The van der Waals surface area contributed by atoms with Crippen LogP contribution in [-0.2, 0) is 0 Å². The molecule has 1 aromatic rings. The maximum absolute atomic E-state index is 10.1. The summed E-state index contributed by atoms with van der Waals surface area (Å²) in [6, 6.07) is 5.61. The smallest absolute Gasteiger partial charge is 0.120 e. The van der Waals surface area contributed by atoms with Crippen molar-refractivity contribution >= 4 is 11.6 Å². The summed E-state index contributed by atoms with van der Waals surface area (Å²) in [6.45, 7) is 6.26. The van der Waals surface area contributed by atoms with Crippen molar-refractivity contribution < 1.29 is 5.11 Å². The second kappa shape index (κ2) is 6.41. The number of nitrogens with zero attached hydrogens (tertiary/aromatic N) is 1. The third kappa shape index (κ3) is 3.16. The van der Waals surface area contributed by atoms with E-state index in [1.54, 1.807) is 12.1 Å². The van der Waals surface area contributed by atoms with E-state index in [-0.39, 0.29) is 6.04 Å². The monoisotopic (exact) mass is 268 g/mol. The molecule has 0 unspecified atom stereocenters. The zero-order chi connectivity index (χ0) is 13.0. The Morgan fingerprint density at radius 1 is 1.39 bits per heavy atom. The molecule has 4 heteroatoms. The first-order valence-electron chi connectivity index (χ1n) is 6.65. The Morgan fingerprint density at radius 3 is 2.78 bits per heavy atom. The first-order chi connectivity index (χ1) is 8.72. The number of phenols is 1. The molecule has 0 radical (unpaired) electrons. The number of nitrogens with one attached hydrogen (secondary N) is 1. The number of hydrogen-bond donors (Lipinski definition) is 2. The second-order valence-corrected chi connectivity index (χ2v) is 5.23. The fourth-order valence-electron chi connectivity index (χ4n) is 2.59. The summed E-state index contributed by atoms with van der Waals surface area (Å²) in [5, 5.41) is 14.1. The van der Waals surface area contributed by atoms with Gasteiger partial charge in [0.25, 0.3) is 0 Å². The number of halogens is 1. The van der Waals surface area contributed by atoms with Gasteiger partial charge in [0.05, 0.1) is 0 Å². The largest absolute Gasteiger partial charge is 0.508 e. The van der Waals surface area contributed by atoms with Gasteiger partial charge in [-0.25, -0.2) is 0 Å². The molecule has 0 saturated carbocycles. The Kier molecular flexibility index (Phi) is 4.87. The van der Waals surface area contributed by atoms with Crippen molar-refractivity contribution in [1.82, 2.24) is 10.2 Å². The van der Waals surface area contributed by atoms with Crippen molar-refractivity contribution in [3.63, 3.8) is 0 Å². The van der Waals surface area contributed by atoms with Crippen LogP contribution in [0.25, 0.3) is 0 Å². The van der Waals surface area contributed by atoms with Crippen LogP contribution in [0.2, 0.25) is 5.02 Å². The Labute approximate surface area is 114 Å². The Morgan fingerprint density at radius 2 is 2.11 bits per heavy atom. The van der Waals surface area contributed by atoms with Crippen LogP contribution in [0.5, 0.6) is 5.75 Å². The SMILES string of the molecule is CCC[C@H](c1cc(Cl)ccc1O)N1CCNCC1. The normalized spacial score (nSPS) is 18.8. The zero-order valence-electron chi connectivity index (χ0n) is 10.8. The van der Waals surface area contributed by atoms with Crippen molar-refractivity contribution in [2.75, 3.05) is 26.2 Å². The summed E-state index contributed by atoms with van der Waals surface area (Å²) in [5.41, 5.74) is 0.964. The summed E-state index contributed by atoms with van der Waals surface area (Å²) in [7, 11) is 0. The zero-order valence-corrected chi connectivity index (χ0v) is 11.6. The van der Waals surface area contributed by atoms with E-state index < -0.39 is 0 Å². The van der Waals surface area contributed by atoms with Crippen LogP contribution in [0, 0.1) is 0 Å². The van der Waals surface area contributed by atoms with Crippen LogP contribution >= 0.6 is 11.6 Å². The Bertz CT molecular complexity index is 391. The van der Waals surface area contributed by atoms with E-state index in [1.807, 2.05) is 6.07 Å². The highest BCUT2D eigenvalue weighted by Gasteiger charge is 2.23. The van der Waals surface area contributed by atoms with Crippen molar-refractivity contribution in [1.29, 1.82) is 0 Å². The predicted octanol–water partition coefficient (Wildman–Crippen LogP) is 2.79.